The first-order valence-corrected chi connectivity index (χ1v) is 6.47. The van der Waals surface area contributed by atoms with Crippen LogP contribution in [0.4, 0.5) is 23.8 Å². The van der Waals surface area contributed by atoms with Gasteiger partial charge in [-0.25, -0.2) is 14.7 Å². The van der Waals surface area contributed by atoms with E-state index < -0.39 is 30.0 Å². The van der Waals surface area contributed by atoms with Crippen LogP contribution in [0.25, 0.3) is 0 Å². The number of alkyl halides is 3. The lowest BCUT2D eigenvalue weighted by molar-refractivity contribution is -0.138. The third kappa shape index (κ3) is 2.73. The van der Waals surface area contributed by atoms with Gasteiger partial charge < -0.3 is 14.7 Å². The normalized spacial score (nSPS) is 22.6. The van der Waals surface area contributed by atoms with E-state index in [0.29, 0.717) is 0 Å². The number of amides is 2. The number of hydrogen-bond donors (Lipinski definition) is 1. The second-order valence-electron chi connectivity index (χ2n) is 5.05. The van der Waals surface area contributed by atoms with Gasteiger partial charge in [0.15, 0.2) is 6.23 Å². The minimum absolute atomic E-state index is 0.138. The highest BCUT2D eigenvalue weighted by Crippen LogP contribution is 2.35. The van der Waals surface area contributed by atoms with E-state index in [0.717, 1.165) is 17.2 Å². The van der Waals surface area contributed by atoms with Crippen LogP contribution in [0.3, 0.4) is 0 Å². The molecule has 2 atom stereocenters. The van der Waals surface area contributed by atoms with Crippen molar-refractivity contribution in [1.82, 2.24) is 9.88 Å². The molecule has 1 fully saturated rings. The summed E-state index contributed by atoms with van der Waals surface area (Å²) in [6.07, 6.45) is -4.87. The second-order valence-corrected chi connectivity index (χ2v) is 5.05. The Morgan fingerprint density at radius 1 is 1.45 bits per heavy atom. The van der Waals surface area contributed by atoms with Gasteiger partial charge in [-0.3, -0.25) is 0 Å². The monoisotopic (exact) mass is 319 g/mol. The molecule has 1 saturated heterocycles. The van der Waals surface area contributed by atoms with Crippen molar-refractivity contribution in [3.8, 4) is 0 Å². The van der Waals surface area contributed by atoms with Gasteiger partial charge in [0.05, 0.1) is 18.2 Å². The molecule has 1 aliphatic rings. The average Bonchev–Trinajstić information content (AvgIpc) is 2.63. The van der Waals surface area contributed by atoms with Gasteiger partial charge in [-0.2, -0.15) is 13.2 Å². The lowest BCUT2D eigenvalue weighted by Crippen LogP contribution is -2.36. The molecule has 1 aromatic heterocycles. The summed E-state index contributed by atoms with van der Waals surface area (Å²) in [6.45, 7) is 1.33. The predicted octanol–water partition coefficient (Wildman–Crippen LogP) is 1.83. The van der Waals surface area contributed by atoms with Crippen LogP contribution in [0, 0.1) is 0 Å². The molecule has 0 bridgehead atoms. The lowest BCUT2D eigenvalue weighted by Gasteiger charge is -2.21. The van der Waals surface area contributed by atoms with Crippen molar-refractivity contribution in [3.05, 3.63) is 23.4 Å². The Morgan fingerprint density at radius 3 is 2.55 bits per heavy atom. The van der Waals surface area contributed by atoms with Crippen LogP contribution < -0.4 is 4.90 Å². The number of anilines is 1. The number of urea groups is 1. The third-order valence-corrected chi connectivity index (χ3v) is 3.64. The minimum Gasteiger partial charge on any atom is -0.380 e. The van der Waals surface area contributed by atoms with Gasteiger partial charge >= 0.3 is 12.2 Å². The molecule has 0 radical (unpaired) electrons. The SMILES string of the molecule is COCc1cnc(N2C(=O)N(C)C(C)C2O)cc1C(F)(F)F. The Labute approximate surface area is 125 Å². The van der Waals surface area contributed by atoms with Crippen LogP contribution in [0.2, 0.25) is 0 Å². The highest BCUT2D eigenvalue weighted by Gasteiger charge is 2.43. The summed E-state index contributed by atoms with van der Waals surface area (Å²) < 4.78 is 44.1. The van der Waals surface area contributed by atoms with E-state index >= 15 is 0 Å². The molecule has 0 aliphatic carbocycles. The molecular weight excluding hydrogens is 303 g/mol. The summed E-state index contributed by atoms with van der Waals surface area (Å²) in [5, 5.41) is 10.0. The average molecular weight is 319 g/mol. The number of likely N-dealkylation sites (N-methyl/N-ethyl adjacent to an activating group) is 1. The maximum atomic E-state index is 13.1. The summed E-state index contributed by atoms with van der Waals surface area (Å²) in [5.41, 5.74) is -1.08. The Morgan fingerprint density at radius 2 is 2.09 bits per heavy atom. The van der Waals surface area contributed by atoms with E-state index in [-0.39, 0.29) is 18.0 Å². The fraction of sp³-hybridized carbons (Fsp3) is 0.538. The van der Waals surface area contributed by atoms with Crippen LogP contribution in [-0.4, -0.2) is 47.4 Å². The maximum Gasteiger partial charge on any atom is 0.416 e. The smallest absolute Gasteiger partial charge is 0.380 e. The van der Waals surface area contributed by atoms with Crippen molar-refractivity contribution in [1.29, 1.82) is 0 Å². The van der Waals surface area contributed by atoms with E-state index in [1.807, 2.05) is 0 Å². The Balaban J connectivity index is 2.47. The molecule has 1 N–H and O–H groups in total. The van der Waals surface area contributed by atoms with Crippen LogP contribution in [-0.2, 0) is 17.5 Å². The van der Waals surface area contributed by atoms with E-state index in [9.17, 15) is 23.1 Å². The Kier molecular flexibility index (Phi) is 4.30. The molecule has 22 heavy (non-hydrogen) atoms. The highest BCUT2D eigenvalue weighted by molar-refractivity contribution is 5.94. The number of carbonyl (C=O) groups is 1. The van der Waals surface area contributed by atoms with Crippen molar-refractivity contribution < 1.29 is 27.8 Å². The molecule has 6 nitrogen and oxygen atoms in total. The fourth-order valence-corrected chi connectivity index (χ4v) is 2.25. The Bertz CT molecular complexity index is 579. The number of aliphatic hydroxyl groups is 1. The first-order chi connectivity index (χ1) is 10.2. The largest absolute Gasteiger partial charge is 0.416 e. The quantitative estimate of drug-likeness (QED) is 0.923. The molecule has 0 spiro atoms. The molecular formula is C13H16F3N3O3. The summed E-state index contributed by atoms with van der Waals surface area (Å²) in [4.78, 5) is 18.0. The first-order valence-electron chi connectivity index (χ1n) is 6.47. The predicted molar refractivity (Wildman–Crippen MR) is 71.1 cm³/mol. The molecule has 0 saturated carbocycles. The molecule has 2 unspecified atom stereocenters. The van der Waals surface area contributed by atoms with E-state index in [4.69, 9.17) is 4.74 Å². The van der Waals surface area contributed by atoms with Gasteiger partial charge in [0.1, 0.15) is 5.82 Å². The van der Waals surface area contributed by atoms with Gasteiger partial charge in [0.2, 0.25) is 0 Å². The number of pyridine rings is 1. The number of aromatic nitrogens is 1. The van der Waals surface area contributed by atoms with Gasteiger partial charge in [0.25, 0.3) is 0 Å². The third-order valence-electron chi connectivity index (χ3n) is 3.64. The Hall–Kier alpha value is -1.87. The van der Waals surface area contributed by atoms with Crippen LogP contribution in [0.1, 0.15) is 18.1 Å². The minimum atomic E-state index is -4.61. The number of methoxy groups -OCH3 is 1. The zero-order valence-electron chi connectivity index (χ0n) is 12.3. The van der Waals surface area contributed by atoms with Crippen molar-refractivity contribution in [2.24, 2.45) is 0 Å². The van der Waals surface area contributed by atoms with E-state index in [1.165, 1.54) is 19.1 Å². The number of hydrogen-bond acceptors (Lipinski definition) is 4. The van der Waals surface area contributed by atoms with Crippen molar-refractivity contribution in [2.45, 2.75) is 32.0 Å². The molecule has 122 valence electrons. The lowest BCUT2D eigenvalue weighted by atomic mass is 10.1. The highest BCUT2D eigenvalue weighted by atomic mass is 19.4. The van der Waals surface area contributed by atoms with Gasteiger partial charge in [-0.1, -0.05) is 0 Å². The van der Waals surface area contributed by atoms with Gasteiger partial charge in [0, 0.05) is 25.9 Å². The van der Waals surface area contributed by atoms with Crippen LogP contribution >= 0.6 is 0 Å². The van der Waals surface area contributed by atoms with Gasteiger partial charge in [-0.15, -0.1) is 0 Å². The maximum absolute atomic E-state index is 13.1. The summed E-state index contributed by atoms with van der Waals surface area (Å²) in [7, 11) is 2.73. The number of halogens is 3. The molecule has 1 aliphatic heterocycles. The van der Waals surface area contributed by atoms with E-state index in [2.05, 4.69) is 4.98 Å². The summed E-state index contributed by atoms with van der Waals surface area (Å²) in [6, 6.07) is -0.413. The molecule has 0 aromatic carbocycles. The number of nitrogens with zero attached hydrogens (tertiary/aromatic N) is 3. The zero-order valence-corrected chi connectivity index (χ0v) is 12.3. The molecule has 2 heterocycles. The zero-order chi connectivity index (χ0) is 16.7. The molecule has 2 rings (SSSR count). The number of ether oxygens (including phenoxy) is 1. The first kappa shape index (κ1) is 16.5. The summed E-state index contributed by atoms with van der Waals surface area (Å²) >= 11 is 0. The molecule has 9 heteroatoms. The fourth-order valence-electron chi connectivity index (χ4n) is 2.25. The topological polar surface area (TPSA) is 65.9 Å². The number of carbonyl (C=O) groups excluding carboxylic acids is 1. The second kappa shape index (κ2) is 5.73. The number of aliphatic hydroxyl groups excluding tert-OH is 1. The standard InChI is InChI=1S/C13H16F3N3O3/c1-7-11(20)19(12(21)18(7)2)10-4-9(13(14,15)16)8(5-17-10)6-22-3/h4-5,7,11,20H,6H2,1-3H3. The van der Waals surface area contributed by atoms with E-state index in [1.54, 1.807) is 6.92 Å². The summed E-state index contributed by atoms with van der Waals surface area (Å²) in [5.74, 6) is -0.249. The van der Waals surface area contributed by atoms with Crippen LogP contribution in [0.5, 0.6) is 0 Å². The number of rotatable bonds is 3. The van der Waals surface area contributed by atoms with Crippen LogP contribution in [0.15, 0.2) is 12.3 Å². The van der Waals surface area contributed by atoms with Crippen molar-refractivity contribution in [2.75, 3.05) is 19.1 Å². The van der Waals surface area contributed by atoms with Crippen molar-refractivity contribution >= 4 is 11.8 Å². The van der Waals surface area contributed by atoms with Gasteiger partial charge in [-0.05, 0) is 13.0 Å². The molecule has 1 aromatic rings. The molecule has 2 amide bonds. The van der Waals surface area contributed by atoms with Crippen molar-refractivity contribution in [3.63, 3.8) is 0 Å².